The van der Waals surface area contributed by atoms with Gasteiger partial charge in [-0.25, -0.2) is 0 Å². The Labute approximate surface area is 165 Å². The molecule has 0 heterocycles. The molecule has 1 saturated carbocycles. The van der Waals surface area contributed by atoms with Gasteiger partial charge in [0.05, 0.1) is 0 Å². The average molecular weight is 357 g/mol. The van der Waals surface area contributed by atoms with Crippen LogP contribution in [0.4, 0.5) is 0 Å². The summed E-state index contributed by atoms with van der Waals surface area (Å²) in [6.45, 7) is 17.7. The summed E-state index contributed by atoms with van der Waals surface area (Å²) in [6, 6.07) is 9.11. The second-order valence-electron chi connectivity index (χ2n) is 8.30. The Kier molecular flexibility index (Phi) is 5.56. The molecule has 0 aliphatic heterocycles. The van der Waals surface area contributed by atoms with E-state index in [9.17, 15) is 0 Å². The van der Waals surface area contributed by atoms with E-state index in [0.29, 0.717) is 0 Å². The van der Waals surface area contributed by atoms with Crippen LogP contribution in [0.5, 0.6) is 0 Å². The van der Waals surface area contributed by atoms with Gasteiger partial charge in [-0.3, -0.25) is 0 Å². The number of aryl methyl sites for hydroxylation is 6. The fourth-order valence-electron chi connectivity index (χ4n) is 4.48. The molecule has 0 radical (unpaired) electrons. The van der Waals surface area contributed by atoms with E-state index in [4.69, 9.17) is 0 Å². The summed E-state index contributed by atoms with van der Waals surface area (Å²) in [5.74, 6) is 0. The van der Waals surface area contributed by atoms with E-state index >= 15 is 0 Å². The second-order valence-corrected chi connectivity index (χ2v) is 8.30. The Bertz CT molecular complexity index is 840. The van der Waals surface area contributed by atoms with E-state index < -0.39 is 0 Å². The summed E-state index contributed by atoms with van der Waals surface area (Å²) >= 11 is 0. The first-order valence-corrected chi connectivity index (χ1v) is 10.0. The predicted octanol–water partition coefficient (Wildman–Crippen LogP) is 7.74. The Hall–Kier alpha value is -2.34. The van der Waals surface area contributed by atoms with Crippen molar-refractivity contribution in [1.82, 2.24) is 0 Å². The zero-order chi connectivity index (χ0) is 19.7. The van der Waals surface area contributed by atoms with Crippen LogP contribution in [0.25, 0.3) is 12.2 Å². The molecule has 0 nitrogen and oxygen atoms in total. The topological polar surface area (TPSA) is 0 Å². The summed E-state index contributed by atoms with van der Waals surface area (Å²) in [4.78, 5) is 0. The molecule has 0 aromatic heterocycles. The van der Waals surface area contributed by atoms with Gasteiger partial charge < -0.3 is 0 Å². The van der Waals surface area contributed by atoms with Gasteiger partial charge in [0.25, 0.3) is 0 Å². The maximum atomic E-state index is 4.49. The summed E-state index contributed by atoms with van der Waals surface area (Å²) in [5, 5.41) is 0. The third-order valence-electron chi connectivity index (χ3n) is 5.78. The summed E-state index contributed by atoms with van der Waals surface area (Å²) in [7, 11) is 0. The van der Waals surface area contributed by atoms with E-state index in [1.165, 1.54) is 67.6 Å². The first-order valence-electron chi connectivity index (χ1n) is 10.0. The molecule has 1 fully saturated rings. The summed E-state index contributed by atoms with van der Waals surface area (Å²) in [6.07, 6.45) is 8.21. The van der Waals surface area contributed by atoms with Gasteiger partial charge >= 0.3 is 0 Å². The third kappa shape index (κ3) is 4.16. The standard InChI is InChI=1S/C27H32/c1-17-11-19(3)26(20(4)12-17)15-24-9-8-10-25(23(24)7)16-27-21(5)13-18(2)14-22(27)6/h11-16H,7-10H2,1-6H3/b24-15+,25-16+. The minimum absolute atomic E-state index is 1.12. The van der Waals surface area contributed by atoms with Gasteiger partial charge in [0, 0.05) is 0 Å². The predicted molar refractivity (Wildman–Crippen MR) is 120 cm³/mol. The Morgan fingerprint density at radius 1 is 0.630 bits per heavy atom. The lowest BCUT2D eigenvalue weighted by atomic mass is 9.82. The van der Waals surface area contributed by atoms with E-state index in [2.05, 4.69) is 84.5 Å². The molecule has 0 unspecified atom stereocenters. The molecule has 1 aliphatic carbocycles. The van der Waals surface area contributed by atoms with Gasteiger partial charge in [0.15, 0.2) is 0 Å². The Morgan fingerprint density at radius 3 is 1.30 bits per heavy atom. The number of hydrogen-bond donors (Lipinski definition) is 0. The number of allylic oxidation sites excluding steroid dienone is 3. The lowest BCUT2D eigenvalue weighted by molar-refractivity contribution is 0.782. The van der Waals surface area contributed by atoms with Crippen molar-refractivity contribution in [2.45, 2.75) is 60.8 Å². The molecule has 27 heavy (non-hydrogen) atoms. The molecule has 0 saturated heterocycles. The van der Waals surface area contributed by atoms with Gasteiger partial charge in [-0.05, 0) is 111 Å². The van der Waals surface area contributed by atoms with Crippen molar-refractivity contribution in [2.24, 2.45) is 0 Å². The van der Waals surface area contributed by atoms with Crippen molar-refractivity contribution in [1.29, 1.82) is 0 Å². The van der Waals surface area contributed by atoms with Crippen molar-refractivity contribution in [3.63, 3.8) is 0 Å². The molecule has 0 bridgehead atoms. The normalized spacial score (nSPS) is 17.8. The fraction of sp³-hybridized carbons (Fsp3) is 0.333. The van der Waals surface area contributed by atoms with Gasteiger partial charge in [0.2, 0.25) is 0 Å². The highest BCUT2D eigenvalue weighted by Gasteiger charge is 2.17. The van der Waals surface area contributed by atoms with Crippen molar-refractivity contribution >= 4 is 12.2 Å². The van der Waals surface area contributed by atoms with Crippen molar-refractivity contribution in [2.75, 3.05) is 0 Å². The molecule has 0 spiro atoms. The zero-order valence-corrected chi connectivity index (χ0v) is 17.8. The molecule has 3 rings (SSSR count). The van der Waals surface area contributed by atoms with Crippen LogP contribution < -0.4 is 0 Å². The van der Waals surface area contributed by atoms with E-state index in [1.54, 1.807) is 0 Å². The van der Waals surface area contributed by atoms with Crippen LogP contribution in [0, 0.1) is 41.5 Å². The van der Waals surface area contributed by atoms with Gasteiger partial charge in [-0.15, -0.1) is 0 Å². The van der Waals surface area contributed by atoms with Gasteiger partial charge in [-0.2, -0.15) is 0 Å². The van der Waals surface area contributed by atoms with Crippen molar-refractivity contribution in [3.8, 4) is 0 Å². The number of hydrogen-bond acceptors (Lipinski definition) is 0. The first kappa shape index (κ1) is 19.4. The highest BCUT2D eigenvalue weighted by atomic mass is 14.2. The number of benzene rings is 2. The smallest absolute Gasteiger partial charge is 0.0195 e. The molecule has 140 valence electrons. The van der Waals surface area contributed by atoms with E-state index in [1.807, 2.05) is 0 Å². The molecular weight excluding hydrogens is 324 g/mol. The first-order chi connectivity index (χ1) is 12.8. The molecule has 0 N–H and O–H groups in total. The number of rotatable bonds is 2. The fourth-order valence-corrected chi connectivity index (χ4v) is 4.48. The molecule has 1 aliphatic rings. The quantitative estimate of drug-likeness (QED) is 0.516. The molecular formula is C27H32. The lowest BCUT2D eigenvalue weighted by Gasteiger charge is -2.22. The Morgan fingerprint density at radius 2 is 0.963 bits per heavy atom. The van der Waals surface area contributed by atoms with Crippen LogP contribution in [0.1, 0.15) is 63.8 Å². The molecule has 2 aromatic carbocycles. The van der Waals surface area contributed by atoms with Crippen LogP contribution in [-0.2, 0) is 0 Å². The maximum absolute atomic E-state index is 4.49. The van der Waals surface area contributed by atoms with Crippen LogP contribution in [0.15, 0.2) is 47.6 Å². The lowest BCUT2D eigenvalue weighted by Crippen LogP contribution is -2.03. The summed E-state index contributed by atoms with van der Waals surface area (Å²) in [5.41, 5.74) is 14.8. The van der Waals surface area contributed by atoms with E-state index in [-0.39, 0.29) is 0 Å². The highest BCUT2D eigenvalue weighted by molar-refractivity contribution is 5.72. The van der Waals surface area contributed by atoms with Crippen molar-refractivity contribution in [3.05, 3.63) is 92.1 Å². The van der Waals surface area contributed by atoms with Crippen LogP contribution in [0.3, 0.4) is 0 Å². The average Bonchev–Trinajstić information content (AvgIpc) is 2.56. The highest BCUT2D eigenvalue weighted by Crippen LogP contribution is 2.36. The monoisotopic (exact) mass is 356 g/mol. The van der Waals surface area contributed by atoms with E-state index in [0.717, 1.165) is 12.8 Å². The van der Waals surface area contributed by atoms with Gasteiger partial charge in [0.1, 0.15) is 0 Å². The molecule has 0 amide bonds. The molecule has 2 aromatic rings. The van der Waals surface area contributed by atoms with Crippen LogP contribution in [0.2, 0.25) is 0 Å². The zero-order valence-electron chi connectivity index (χ0n) is 17.8. The molecule has 0 heteroatoms. The maximum Gasteiger partial charge on any atom is -0.0195 e. The molecule has 0 atom stereocenters. The van der Waals surface area contributed by atoms with Gasteiger partial charge in [-0.1, -0.05) is 54.1 Å². The summed E-state index contributed by atoms with van der Waals surface area (Å²) < 4.78 is 0. The SMILES string of the molecule is C=C1/C(=C/c2c(C)cc(C)cc2C)CCC/C1=C\c1c(C)cc(C)cc1C. The third-order valence-corrected chi connectivity index (χ3v) is 5.78. The van der Waals surface area contributed by atoms with Crippen molar-refractivity contribution < 1.29 is 0 Å². The van der Waals surface area contributed by atoms with Crippen LogP contribution in [-0.4, -0.2) is 0 Å². The largest absolute Gasteiger partial charge is 0.0912 e. The minimum atomic E-state index is 1.12. The van der Waals surface area contributed by atoms with Crippen LogP contribution >= 0.6 is 0 Å². The minimum Gasteiger partial charge on any atom is -0.0912 e. The Balaban J connectivity index is 2.00. The second kappa shape index (κ2) is 7.72.